The molecule has 1 fully saturated rings. The minimum atomic E-state index is -2.86. The largest absolute Gasteiger partial charge is 0.415 e. The van der Waals surface area contributed by atoms with E-state index in [0.29, 0.717) is 16.9 Å². The molecule has 0 N–H and O–H groups in total. The van der Waals surface area contributed by atoms with Crippen molar-refractivity contribution in [3.8, 4) is 11.5 Å². The fraction of sp³-hybridized carbons (Fsp3) is 0.364. The maximum atomic E-state index is 15.3. The van der Waals surface area contributed by atoms with Gasteiger partial charge in [-0.1, -0.05) is 25.1 Å². The number of hydrogen-bond donors (Lipinski definition) is 0. The molecular weight excluding hydrogens is 423 g/mol. The monoisotopic (exact) mass is 445 g/mol. The molecule has 1 amide bonds. The Morgan fingerprint density at radius 1 is 1.19 bits per heavy atom. The Kier molecular flexibility index (Phi) is 6.22. The second-order valence-electron chi connectivity index (χ2n) is 7.69. The second-order valence-corrected chi connectivity index (χ2v) is 7.69. The number of likely N-dealkylation sites (tertiary alicyclic amines) is 1. The van der Waals surface area contributed by atoms with Crippen LogP contribution < -0.4 is 4.90 Å². The molecule has 0 unspecified atom stereocenters. The molecule has 1 aliphatic heterocycles. The Balaban J connectivity index is 1.53. The number of halogens is 3. The first kappa shape index (κ1) is 21.9. The standard InChI is InChI=1S/C22H22F3N5O2/c1-2-10-29-13-22(25,14-29)21(31)30(17-6-4-3-5-7-17)12-16-9-8-15(11-26-16)19-27-28-20(32-19)18(23)24/h3-9,11,18H,2,10,12-14H2,1H3. The van der Waals surface area contributed by atoms with Gasteiger partial charge in [0.1, 0.15) is 0 Å². The maximum Gasteiger partial charge on any atom is 0.314 e. The lowest BCUT2D eigenvalue weighted by Crippen LogP contribution is -2.66. The molecular formula is C22H22F3N5O2. The molecule has 1 aliphatic rings. The van der Waals surface area contributed by atoms with Gasteiger partial charge in [-0.25, -0.2) is 4.39 Å². The third kappa shape index (κ3) is 4.50. The molecule has 3 aromatic rings. The fourth-order valence-electron chi connectivity index (χ4n) is 3.65. The summed E-state index contributed by atoms with van der Waals surface area (Å²) in [7, 11) is 0. The van der Waals surface area contributed by atoms with Crippen LogP contribution in [0.3, 0.4) is 0 Å². The van der Waals surface area contributed by atoms with Gasteiger partial charge in [-0.15, -0.1) is 10.2 Å². The number of amides is 1. The third-order valence-electron chi connectivity index (χ3n) is 5.20. The molecule has 0 atom stereocenters. The third-order valence-corrected chi connectivity index (χ3v) is 5.20. The lowest BCUT2D eigenvalue weighted by Gasteiger charge is -2.45. The highest BCUT2D eigenvalue weighted by molar-refractivity contribution is 6.00. The van der Waals surface area contributed by atoms with Crippen LogP contribution >= 0.6 is 0 Å². The first-order valence-electron chi connectivity index (χ1n) is 10.2. The van der Waals surface area contributed by atoms with Crippen molar-refractivity contribution in [3.05, 3.63) is 60.2 Å². The second kappa shape index (κ2) is 9.07. The van der Waals surface area contributed by atoms with Gasteiger partial charge in [0.05, 0.1) is 17.8 Å². The predicted octanol–water partition coefficient (Wildman–Crippen LogP) is 4.04. The van der Waals surface area contributed by atoms with Crippen LogP contribution in [0.4, 0.5) is 18.9 Å². The van der Waals surface area contributed by atoms with Crippen molar-refractivity contribution < 1.29 is 22.4 Å². The molecule has 168 valence electrons. The Morgan fingerprint density at radius 2 is 1.94 bits per heavy atom. The SMILES string of the molecule is CCCN1CC(F)(C(=O)N(Cc2ccc(-c3nnc(C(F)F)o3)cn2)c2ccccc2)C1. The van der Waals surface area contributed by atoms with Crippen LogP contribution in [-0.4, -0.2) is 51.3 Å². The zero-order chi connectivity index (χ0) is 22.7. The highest BCUT2D eigenvalue weighted by atomic mass is 19.3. The van der Waals surface area contributed by atoms with Gasteiger partial charge in [0.25, 0.3) is 11.8 Å². The zero-order valence-corrected chi connectivity index (χ0v) is 17.4. The van der Waals surface area contributed by atoms with Crippen LogP contribution in [0.25, 0.3) is 11.5 Å². The van der Waals surface area contributed by atoms with Crippen molar-refractivity contribution >= 4 is 11.6 Å². The Labute approximate surface area is 182 Å². The van der Waals surface area contributed by atoms with E-state index in [1.54, 1.807) is 36.4 Å². The van der Waals surface area contributed by atoms with Gasteiger partial charge in [-0.2, -0.15) is 8.78 Å². The number of benzene rings is 1. The van der Waals surface area contributed by atoms with Crippen molar-refractivity contribution in [1.29, 1.82) is 0 Å². The van der Waals surface area contributed by atoms with Crippen LogP contribution in [0, 0.1) is 0 Å². The average molecular weight is 445 g/mol. The smallest absolute Gasteiger partial charge is 0.314 e. The molecule has 10 heteroatoms. The Morgan fingerprint density at radius 3 is 2.53 bits per heavy atom. The van der Waals surface area contributed by atoms with Crippen LogP contribution in [0.1, 0.15) is 31.4 Å². The van der Waals surface area contributed by atoms with E-state index >= 15 is 4.39 Å². The van der Waals surface area contributed by atoms with Crippen molar-refractivity contribution in [2.75, 3.05) is 24.5 Å². The first-order valence-corrected chi connectivity index (χ1v) is 10.2. The van der Waals surface area contributed by atoms with Crippen molar-refractivity contribution in [1.82, 2.24) is 20.1 Å². The molecule has 3 heterocycles. The molecule has 1 saturated heterocycles. The molecule has 0 bridgehead atoms. The lowest BCUT2D eigenvalue weighted by atomic mass is 9.93. The molecule has 0 radical (unpaired) electrons. The van der Waals surface area contributed by atoms with E-state index in [9.17, 15) is 13.6 Å². The summed E-state index contributed by atoms with van der Waals surface area (Å²) in [6.45, 7) is 2.94. The number of rotatable bonds is 8. The molecule has 0 spiro atoms. The minimum Gasteiger partial charge on any atom is -0.415 e. The van der Waals surface area contributed by atoms with Crippen LogP contribution in [0.5, 0.6) is 0 Å². The van der Waals surface area contributed by atoms with E-state index in [1.807, 2.05) is 17.9 Å². The predicted molar refractivity (Wildman–Crippen MR) is 111 cm³/mol. The molecule has 2 aromatic heterocycles. The highest BCUT2D eigenvalue weighted by Crippen LogP contribution is 2.31. The van der Waals surface area contributed by atoms with Gasteiger partial charge in [-0.3, -0.25) is 14.7 Å². The van der Waals surface area contributed by atoms with E-state index in [0.717, 1.165) is 13.0 Å². The number of nitrogens with zero attached hydrogens (tertiary/aromatic N) is 5. The summed E-state index contributed by atoms with van der Waals surface area (Å²) in [5.74, 6) is -1.46. The van der Waals surface area contributed by atoms with Crippen LogP contribution in [-0.2, 0) is 11.3 Å². The van der Waals surface area contributed by atoms with Gasteiger partial charge >= 0.3 is 6.43 Å². The summed E-state index contributed by atoms with van der Waals surface area (Å²) in [6.07, 6.45) is -0.577. The van der Waals surface area contributed by atoms with E-state index < -0.39 is 23.9 Å². The molecule has 32 heavy (non-hydrogen) atoms. The Bertz CT molecular complexity index is 1050. The summed E-state index contributed by atoms with van der Waals surface area (Å²) < 4.78 is 45.6. The summed E-state index contributed by atoms with van der Waals surface area (Å²) >= 11 is 0. The van der Waals surface area contributed by atoms with Crippen molar-refractivity contribution in [2.24, 2.45) is 0 Å². The number of carbonyl (C=O) groups is 1. The van der Waals surface area contributed by atoms with Gasteiger partial charge in [-0.05, 0) is 37.2 Å². The number of pyridine rings is 1. The van der Waals surface area contributed by atoms with Gasteiger partial charge in [0.2, 0.25) is 11.6 Å². The number of aromatic nitrogens is 3. The molecule has 4 rings (SSSR count). The summed E-state index contributed by atoms with van der Waals surface area (Å²) in [5, 5.41) is 6.89. The van der Waals surface area contributed by atoms with Crippen molar-refractivity contribution in [2.45, 2.75) is 32.0 Å². The van der Waals surface area contributed by atoms with E-state index in [-0.39, 0.29) is 25.5 Å². The first-order chi connectivity index (χ1) is 15.4. The fourth-order valence-corrected chi connectivity index (χ4v) is 3.65. The molecule has 0 aliphatic carbocycles. The number of hydrogen-bond acceptors (Lipinski definition) is 6. The number of carbonyl (C=O) groups excluding carboxylic acids is 1. The normalized spacial score (nSPS) is 15.5. The van der Waals surface area contributed by atoms with Gasteiger partial charge < -0.3 is 9.32 Å². The average Bonchev–Trinajstić information content (AvgIpc) is 3.28. The van der Waals surface area contributed by atoms with Gasteiger partial charge in [0.15, 0.2) is 0 Å². The van der Waals surface area contributed by atoms with E-state index in [2.05, 4.69) is 15.2 Å². The van der Waals surface area contributed by atoms with Crippen molar-refractivity contribution in [3.63, 3.8) is 0 Å². The molecule has 1 aromatic carbocycles. The number of alkyl halides is 3. The minimum absolute atomic E-state index is 0.0503. The van der Waals surface area contributed by atoms with Crippen LogP contribution in [0.15, 0.2) is 53.1 Å². The summed E-state index contributed by atoms with van der Waals surface area (Å²) in [5.41, 5.74) is -0.525. The summed E-state index contributed by atoms with van der Waals surface area (Å²) in [6, 6.07) is 12.0. The highest BCUT2D eigenvalue weighted by Gasteiger charge is 2.51. The molecule has 0 saturated carbocycles. The van der Waals surface area contributed by atoms with Gasteiger partial charge in [0, 0.05) is 25.0 Å². The molecule has 7 nitrogen and oxygen atoms in total. The maximum absolute atomic E-state index is 15.3. The number of para-hydroxylation sites is 1. The quantitative estimate of drug-likeness (QED) is 0.521. The topological polar surface area (TPSA) is 75.4 Å². The lowest BCUT2D eigenvalue weighted by molar-refractivity contribution is -0.142. The number of anilines is 1. The summed E-state index contributed by atoms with van der Waals surface area (Å²) in [4.78, 5) is 20.7. The van der Waals surface area contributed by atoms with E-state index in [4.69, 9.17) is 4.42 Å². The van der Waals surface area contributed by atoms with E-state index in [1.165, 1.54) is 11.1 Å². The zero-order valence-electron chi connectivity index (χ0n) is 17.4. The van der Waals surface area contributed by atoms with Crippen LogP contribution in [0.2, 0.25) is 0 Å². The Hall–Kier alpha value is -3.27.